The maximum atomic E-state index is 12.3. The molecule has 2 amide bonds. The summed E-state index contributed by atoms with van der Waals surface area (Å²) in [6.45, 7) is 8.74. The summed E-state index contributed by atoms with van der Waals surface area (Å²) in [6.07, 6.45) is 1.44. The molecule has 1 rings (SSSR count). The molecule has 1 fully saturated rings. The molecule has 0 aromatic rings. The summed E-state index contributed by atoms with van der Waals surface area (Å²) in [7, 11) is 0. The zero-order valence-electron chi connectivity index (χ0n) is 15.2. The van der Waals surface area contributed by atoms with Crippen LogP contribution in [0.3, 0.4) is 0 Å². The van der Waals surface area contributed by atoms with Gasteiger partial charge in [-0.15, -0.1) is 0 Å². The Kier molecular flexibility index (Phi) is 7.66. The summed E-state index contributed by atoms with van der Waals surface area (Å²) in [4.78, 5) is 37.5. The monoisotopic (exact) mass is 341 g/mol. The minimum Gasteiger partial charge on any atom is -0.548 e. The SMILES string of the molecule is CC(C)C[C@H](NC(=O)C1CCN(C(=O)[C@@H]([NH3+])C(C)C)CC1)C(=O)[O-]. The lowest BCUT2D eigenvalue weighted by Crippen LogP contribution is -2.70. The lowest BCUT2D eigenvalue weighted by molar-refractivity contribution is -0.416. The van der Waals surface area contributed by atoms with Crippen molar-refractivity contribution in [3.05, 3.63) is 0 Å². The largest absolute Gasteiger partial charge is 0.548 e. The Hall–Kier alpha value is -1.63. The summed E-state index contributed by atoms with van der Waals surface area (Å²) in [5.74, 6) is -1.41. The van der Waals surface area contributed by atoms with Crippen LogP contribution in [0, 0.1) is 17.8 Å². The molecule has 0 aliphatic carbocycles. The minimum absolute atomic E-state index is 0.0243. The van der Waals surface area contributed by atoms with Crippen LogP contribution >= 0.6 is 0 Å². The lowest BCUT2D eigenvalue weighted by Gasteiger charge is -2.33. The summed E-state index contributed by atoms with van der Waals surface area (Å²) in [6, 6.07) is -1.23. The van der Waals surface area contributed by atoms with Crippen molar-refractivity contribution in [3.63, 3.8) is 0 Å². The molecule has 1 saturated heterocycles. The highest BCUT2D eigenvalue weighted by molar-refractivity contribution is 5.85. The molecule has 0 saturated carbocycles. The molecule has 0 spiro atoms. The Balaban J connectivity index is 2.53. The number of carboxylic acid groups (broad SMARTS) is 1. The van der Waals surface area contributed by atoms with Gasteiger partial charge in [0.15, 0.2) is 6.04 Å². The van der Waals surface area contributed by atoms with Crippen LogP contribution in [0.5, 0.6) is 0 Å². The molecule has 0 bridgehead atoms. The second kappa shape index (κ2) is 9.01. The van der Waals surface area contributed by atoms with Gasteiger partial charge in [-0.1, -0.05) is 27.7 Å². The number of quaternary nitrogens is 1. The first-order valence-corrected chi connectivity index (χ1v) is 8.76. The third-order valence-electron chi connectivity index (χ3n) is 4.61. The van der Waals surface area contributed by atoms with Gasteiger partial charge in [0.1, 0.15) is 0 Å². The molecule has 138 valence electrons. The van der Waals surface area contributed by atoms with Crippen LogP contribution in [-0.4, -0.2) is 47.9 Å². The first kappa shape index (κ1) is 20.4. The summed E-state index contributed by atoms with van der Waals surface area (Å²) in [5.41, 5.74) is 3.91. The number of nitrogens with one attached hydrogen (secondary N) is 1. The fourth-order valence-electron chi connectivity index (χ4n) is 2.86. The van der Waals surface area contributed by atoms with Gasteiger partial charge in [-0.3, -0.25) is 9.59 Å². The van der Waals surface area contributed by atoms with E-state index in [1.165, 1.54) is 0 Å². The van der Waals surface area contributed by atoms with E-state index in [0.29, 0.717) is 32.4 Å². The Morgan fingerprint density at radius 3 is 2.12 bits per heavy atom. The van der Waals surface area contributed by atoms with Crippen LogP contribution in [0.2, 0.25) is 0 Å². The van der Waals surface area contributed by atoms with Crippen molar-refractivity contribution in [3.8, 4) is 0 Å². The molecular formula is C17H31N3O4. The van der Waals surface area contributed by atoms with Crippen LogP contribution < -0.4 is 16.2 Å². The molecule has 4 N–H and O–H groups in total. The molecule has 7 heteroatoms. The van der Waals surface area contributed by atoms with Gasteiger partial charge >= 0.3 is 0 Å². The van der Waals surface area contributed by atoms with Gasteiger partial charge in [0, 0.05) is 24.9 Å². The minimum atomic E-state index is -1.25. The van der Waals surface area contributed by atoms with Gasteiger partial charge in [-0.25, -0.2) is 0 Å². The first-order valence-electron chi connectivity index (χ1n) is 8.76. The Morgan fingerprint density at radius 1 is 1.17 bits per heavy atom. The standard InChI is InChI=1S/C17H31N3O4/c1-10(2)9-13(17(23)24)19-15(21)12-5-7-20(8-6-12)16(22)14(18)11(3)4/h10-14H,5-9,18H2,1-4H3,(H,19,21)(H,23,24)/t13-,14-/m0/s1. The van der Waals surface area contributed by atoms with Gasteiger partial charge in [0.05, 0.1) is 12.0 Å². The van der Waals surface area contributed by atoms with Crippen molar-refractivity contribution in [2.24, 2.45) is 17.8 Å². The van der Waals surface area contributed by atoms with Crippen LogP contribution in [0.25, 0.3) is 0 Å². The first-order chi connectivity index (χ1) is 11.1. The van der Waals surface area contributed by atoms with E-state index in [4.69, 9.17) is 0 Å². The molecule has 0 unspecified atom stereocenters. The molecule has 0 aromatic carbocycles. The van der Waals surface area contributed by atoms with Crippen LogP contribution in [0.4, 0.5) is 0 Å². The van der Waals surface area contributed by atoms with Gasteiger partial charge in [-0.2, -0.15) is 0 Å². The van der Waals surface area contributed by atoms with Crippen molar-refractivity contribution in [2.75, 3.05) is 13.1 Å². The van der Waals surface area contributed by atoms with E-state index in [1.54, 1.807) is 4.90 Å². The predicted octanol–water partition coefficient (Wildman–Crippen LogP) is -1.23. The molecular weight excluding hydrogens is 310 g/mol. The second-order valence-electron chi connectivity index (χ2n) is 7.46. The van der Waals surface area contributed by atoms with E-state index >= 15 is 0 Å². The molecule has 7 nitrogen and oxygen atoms in total. The number of carboxylic acids is 1. The van der Waals surface area contributed by atoms with Crippen LogP contribution in [-0.2, 0) is 14.4 Å². The van der Waals surface area contributed by atoms with E-state index < -0.39 is 12.0 Å². The van der Waals surface area contributed by atoms with Crippen LogP contribution in [0.15, 0.2) is 0 Å². The van der Waals surface area contributed by atoms with Crippen molar-refractivity contribution in [1.82, 2.24) is 10.2 Å². The molecule has 1 aliphatic heterocycles. The molecule has 0 radical (unpaired) electrons. The number of aliphatic carboxylic acids is 1. The van der Waals surface area contributed by atoms with E-state index in [-0.39, 0.29) is 35.6 Å². The fourth-order valence-corrected chi connectivity index (χ4v) is 2.86. The number of likely N-dealkylation sites (tertiary alicyclic amines) is 1. The Bertz CT molecular complexity index is 457. The van der Waals surface area contributed by atoms with E-state index in [9.17, 15) is 19.5 Å². The highest BCUT2D eigenvalue weighted by Gasteiger charge is 2.32. The maximum Gasteiger partial charge on any atom is 0.280 e. The van der Waals surface area contributed by atoms with Gasteiger partial charge < -0.3 is 25.9 Å². The lowest BCUT2D eigenvalue weighted by atomic mass is 9.93. The normalized spacial score (nSPS) is 18.5. The number of rotatable bonds is 7. The number of carbonyl (C=O) groups excluding carboxylic acids is 3. The highest BCUT2D eigenvalue weighted by atomic mass is 16.4. The third-order valence-corrected chi connectivity index (χ3v) is 4.61. The van der Waals surface area contributed by atoms with E-state index in [2.05, 4.69) is 11.1 Å². The number of hydrogen-bond donors (Lipinski definition) is 2. The second-order valence-corrected chi connectivity index (χ2v) is 7.46. The number of carbonyl (C=O) groups is 3. The average molecular weight is 341 g/mol. The third kappa shape index (κ3) is 5.78. The van der Waals surface area contributed by atoms with Gasteiger partial charge in [-0.05, 0) is 25.2 Å². The predicted molar refractivity (Wildman–Crippen MR) is 87.2 cm³/mol. The number of nitrogens with zero attached hydrogens (tertiary/aromatic N) is 1. The number of hydrogen-bond acceptors (Lipinski definition) is 4. The zero-order chi connectivity index (χ0) is 18.4. The van der Waals surface area contributed by atoms with E-state index in [0.717, 1.165) is 0 Å². The quantitative estimate of drug-likeness (QED) is 0.603. The van der Waals surface area contributed by atoms with Crippen molar-refractivity contribution in [1.29, 1.82) is 0 Å². The van der Waals surface area contributed by atoms with Gasteiger partial charge in [0.2, 0.25) is 5.91 Å². The zero-order valence-corrected chi connectivity index (χ0v) is 15.2. The van der Waals surface area contributed by atoms with Crippen molar-refractivity contribution in [2.45, 2.75) is 59.0 Å². The topological polar surface area (TPSA) is 117 Å². The molecule has 0 aromatic heterocycles. The van der Waals surface area contributed by atoms with Crippen molar-refractivity contribution >= 4 is 17.8 Å². The number of piperidine rings is 1. The smallest absolute Gasteiger partial charge is 0.280 e. The molecule has 2 atom stereocenters. The highest BCUT2D eigenvalue weighted by Crippen LogP contribution is 2.19. The molecule has 1 heterocycles. The number of amides is 2. The average Bonchev–Trinajstić information content (AvgIpc) is 2.52. The van der Waals surface area contributed by atoms with E-state index in [1.807, 2.05) is 27.7 Å². The fraction of sp³-hybridized carbons (Fsp3) is 0.824. The molecule has 1 aliphatic rings. The Morgan fingerprint density at radius 2 is 1.71 bits per heavy atom. The van der Waals surface area contributed by atoms with Gasteiger partial charge in [0.25, 0.3) is 5.91 Å². The Labute approximate surface area is 144 Å². The van der Waals surface area contributed by atoms with Crippen LogP contribution in [0.1, 0.15) is 47.0 Å². The van der Waals surface area contributed by atoms with Crippen molar-refractivity contribution < 1.29 is 25.2 Å². The summed E-state index contributed by atoms with van der Waals surface area (Å²) >= 11 is 0. The maximum absolute atomic E-state index is 12.3. The molecule has 24 heavy (non-hydrogen) atoms. The summed E-state index contributed by atoms with van der Waals surface area (Å²) < 4.78 is 0. The summed E-state index contributed by atoms with van der Waals surface area (Å²) in [5, 5.41) is 13.7.